The fraction of sp³-hybridized carbons (Fsp3) is 0.500. The molecule has 24 heavy (non-hydrogen) atoms. The number of piperidine rings is 1. The summed E-state index contributed by atoms with van der Waals surface area (Å²) in [5.41, 5.74) is 1.29. The number of carbonyl (C=O) groups excluding carboxylic acids is 1. The molecule has 0 bridgehead atoms. The van der Waals surface area contributed by atoms with Crippen molar-refractivity contribution in [1.29, 1.82) is 0 Å². The zero-order valence-electron chi connectivity index (χ0n) is 13.6. The molecule has 132 valence electrons. The smallest absolute Gasteiger partial charge is 0.306 e. The van der Waals surface area contributed by atoms with Crippen LogP contribution in [0.4, 0.5) is 0 Å². The van der Waals surface area contributed by atoms with Gasteiger partial charge in [-0.1, -0.05) is 12.1 Å². The average Bonchev–Trinajstić information content (AvgIpc) is 2.60. The molecule has 1 aliphatic heterocycles. The molecule has 8 heteroatoms. The van der Waals surface area contributed by atoms with Crippen LogP contribution in [0.5, 0.6) is 0 Å². The molecule has 1 aliphatic rings. The Morgan fingerprint density at radius 2 is 1.79 bits per heavy atom. The first-order valence-corrected chi connectivity index (χ1v) is 9.56. The molecule has 0 radical (unpaired) electrons. The summed E-state index contributed by atoms with van der Waals surface area (Å²) in [5.74, 6) is -1.28. The number of hydrogen-bond donors (Lipinski definition) is 2. The normalized spacial score (nSPS) is 16.1. The predicted octanol–water partition coefficient (Wildman–Crippen LogP) is 1.06. The third kappa shape index (κ3) is 4.78. The van der Waals surface area contributed by atoms with Crippen LogP contribution < -0.4 is 4.72 Å². The molecule has 1 amide bonds. The van der Waals surface area contributed by atoms with E-state index < -0.39 is 16.0 Å². The summed E-state index contributed by atoms with van der Waals surface area (Å²) >= 11 is 0. The number of hydrogen-bond acceptors (Lipinski definition) is 4. The maximum Gasteiger partial charge on any atom is 0.306 e. The van der Waals surface area contributed by atoms with E-state index in [2.05, 4.69) is 4.72 Å². The Morgan fingerprint density at radius 1 is 1.21 bits per heavy atom. The van der Waals surface area contributed by atoms with Crippen molar-refractivity contribution >= 4 is 21.9 Å². The first-order chi connectivity index (χ1) is 11.3. The van der Waals surface area contributed by atoms with E-state index in [0.717, 1.165) is 5.56 Å². The van der Waals surface area contributed by atoms with Gasteiger partial charge in [0.15, 0.2) is 0 Å². The van der Waals surface area contributed by atoms with Crippen LogP contribution in [0.25, 0.3) is 0 Å². The molecule has 7 nitrogen and oxygen atoms in total. The molecule has 2 N–H and O–H groups in total. The molecule has 0 aliphatic carbocycles. The van der Waals surface area contributed by atoms with Crippen LogP contribution in [0.15, 0.2) is 24.3 Å². The first kappa shape index (κ1) is 18.4. The van der Waals surface area contributed by atoms with Gasteiger partial charge in [-0.25, -0.2) is 13.1 Å². The Morgan fingerprint density at radius 3 is 2.29 bits per heavy atom. The van der Waals surface area contributed by atoms with Crippen molar-refractivity contribution in [1.82, 2.24) is 9.62 Å². The molecule has 1 saturated heterocycles. The molecule has 0 atom stereocenters. The number of benzene rings is 1. The van der Waals surface area contributed by atoms with E-state index in [0.29, 0.717) is 31.5 Å². The first-order valence-electron chi connectivity index (χ1n) is 7.90. The molecule has 2 rings (SSSR count). The third-order valence-electron chi connectivity index (χ3n) is 4.21. The largest absolute Gasteiger partial charge is 0.481 e. The second-order valence-corrected chi connectivity index (χ2v) is 7.92. The summed E-state index contributed by atoms with van der Waals surface area (Å²) < 4.78 is 25.3. The van der Waals surface area contributed by atoms with Gasteiger partial charge < -0.3 is 10.0 Å². The van der Waals surface area contributed by atoms with E-state index >= 15 is 0 Å². The van der Waals surface area contributed by atoms with Crippen molar-refractivity contribution in [2.75, 3.05) is 18.8 Å². The lowest BCUT2D eigenvalue weighted by atomic mass is 9.96. The lowest BCUT2D eigenvalue weighted by Crippen LogP contribution is -2.40. The van der Waals surface area contributed by atoms with Crippen molar-refractivity contribution in [3.05, 3.63) is 35.4 Å². The summed E-state index contributed by atoms with van der Waals surface area (Å²) in [6.07, 6.45) is 0.940. The summed E-state index contributed by atoms with van der Waals surface area (Å²) in [6, 6.07) is 6.77. The Kier molecular flexibility index (Phi) is 5.95. The number of nitrogens with one attached hydrogen (secondary N) is 1. The number of nitrogens with zero attached hydrogens (tertiary/aromatic N) is 1. The average molecular weight is 354 g/mol. The fourth-order valence-electron chi connectivity index (χ4n) is 2.57. The summed E-state index contributed by atoms with van der Waals surface area (Å²) in [7, 11) is -3.25. The maximum atomic E-state index is 12.4. The van der Waals surface area contributed by atoms with Gasteiger partial charge in [0.25, 0.3) is 5.91 Å². The molecular weight excluding hydrogens is 332 g/mol. The highest BCUT2D eigenvalue weighted by Crippen LogP contribution is 2.19. The number of carboxylic acid groups (broad SMARTS) is 1. The second kappa shape index (κ2) is 7.76. The molecule has 0 spiro atoms. The number of sulfonamides is 1. The van der Waals surface area contributed by atoms with Gasteiger partial charge in [-0.05, 0) is 37.5 Å². The van der Waals surface area contributed by atoms with E-state index in [4.69, 9.17) is 5.11 Å². The van der Waals surface area contributed by atoms with E-state index in [1.54, 1.807) is 36.1 Å². The Bertz CT molecular complexity index is 692. The van der Waals surface area contributed by atoms with Gasteiger partial charge in [0, 0.05) is 25.2 Å². The van der Waals surface area contributed by atoms with Gasteiger partial charge in [-0.15, -0.1) is 0 Å². The van der Waals surface area contributed by atoms with Gasteiger partial charge in [0.2, 0.25) is 10.0 Å². The zero-order valence-corrected chi connectivity index (χ0v) is 14.4. The van der Waals surface area contributed by atoms with Crippen LogP contribution in [0.1, 0.15) is 35.7 Å². The van der Waals surface area contributed by atoms with E-state index in [9.17, 15) is 18.0 Å². The van der Waals surface area contributed by atoms with Crippen molar-refractivity contribution in [2.24, 2.45) is 5.92 Å². The van der Waals surface area contributed by atoms with Gasteiger partial charge in [-0.3, -0.25) is 9.59 Å². The third-order valence-corrected chi connectivity index (χ3v) is 5.55. The molecule has 0 saturated carbocycles. The highest BCUT2D eigenvalue weighted by atomic mass is 32.2. The highest BCUT2D eigenvalue weighted by Gasteiger charge is 2.27. The maximum absolute atomic E-state index is 12.4. The number of amides is 1. The Labute approximate surface area is 141 Å². The SMILES string of the molecule is CCS(=O)(=O)NCc1ccc(C(=O)N2CCC(C(=O)O)CC2)cc1. The lowest BCUT2D eigenvalue weighted by Gasteiger charge is -2.30. The molecule has 0 aromatic heterocycles. The van der Waals surface area contributed by atoms with E-state index in [1.165, 1.54) is 0 Å². The van der Waals surface area contributed by atoms with Crippen LogP contribution in [-0.4, -0.2) is 49.1 Å². The minimum Gasteiger partial charge on any atom is -0.481 e. The molecule has 1 fully saturated rings. The standard InChI is InChI=1S/C16H22N2O5S/c1-2-24(22,23)17-11-12-3-5-13(6-4-12)15(19)18-9-7-14(8-10-18)16(20)21/h3-6,14,17H,2,7-11H2,1H3,(H,20,21). The second-order valence-electron chi connectivity index (χ2n) is 5.83. The quantitative estimate of drug-likeness (QED) is 0.795. The van der Waals surface area contributed by atoms with E-state index in [1.807, 2.05) is 0 Å². The van der Waals surface area contributed by atoms with Crippen LogP contribution in [0, 0.1) is 5.92 Å². The molecule has 1 aromatic rings. The fourth-order valence-corrected chi connectivity index (χ4v) is 3.16. The lowest BCUT2D eigenvalue weighted by molar-refractivity contribution is -0.143. The number of carbonyl (C=O) groups is 2. The van der Waals surface area contributed by atoms with Crippen molar-refractivity contribution in [2.45, 2.75) is 26.3 Å². The Balaban J connectivity index is 1.93. The van der Waals surface area contributed by atoms with Gasteiger partial charge in [0.05, 0.1) is 11.7 Å². The number of carboxylic acids is 1. The molecule has 1 aromatic carbocycles. The predicted molar refractivity (Wildman–Crippen MR) is 89.0 cm³/mol. The minimum atomic E-state index is -3.25. The van der Waals surface area contributed by atoms with Crippen LogP contribution in [-0.2, 0) is 21.4 Å². The topological polar surface area (TPSA) is 104 Å². The number of rotatable bonds is 6. The van der Waals surface area contributed by atoms with Crippen LogP contribution >= 0.6 is 0 Å². The number of likely N-dealkylation sites (tertiary alicyclic amines) is 1. The van der Waals surface area contributed by atoms with Crippen LogP contribution in [0.3, 0.4) is 0 Å². The molecule has 1 heterocycles. The van der Waals surface area contributed by atoms with Crippen molar-refractivity contribution in [3.8, 4) is 0 Å². The van der Waals surface area contributed by atoms with Gasteiger partial charge >= 0.3 is 5.97 Å². The summed E-state index contributed by atoms with van der Waals surface area (Å²) in [6.45, 7) is 2.63. The number of aliphatic carboxylic acids is 1. The molecular formula is C16H22N2O5S. The van der Waals surface area contributed by atoms with Crippen molar-refractivity contribution in [3.63, 3.8) is 0 Å². The van der Waals surface area contributed by atoms with Crippen LogP contribution in [0.2, 0.25) is 0 Å². The zero-order chi connectivity index (χ0) is 17.7. The summed E-state index contributed by atoms with van der Waals surface area (Å²) in [4.78, 5) is 25.0. The molecule has 0 unspecified atom stereocenters. The van der Waals surface area contributed by atoms with E-state index in [-0.39, 0.29) is 24.1 Å². The monoisotopic (exact) mass is 354 g/mol. The summed E-state index contributed by atoms with van der Waals surface area (Å²) in [5, 5.41) is 8.98. The Hall–Kier alpha value is -1.93. The van der Waals surface area contributed by atoms with Gasteiger partial charge in [-0.2, -0.15) is 0 Å². The highest BCUT2D eigenvalue weighted by molar-refractivity contribution is 7.89. The van der Waals surface area contributed by atoms with Crippen molar-refractivity contribution < 1.29 is 23.1 Å². The minimum absolute atomic E-state index is 0.0237. The van der Waals surface area contributed by atoms with Gasteiger partial charge in [0.1, 0.15) is 0 Å².